The van der Waals surface area contributed by atoms with E-state index in [0.717, 1.165) is 32.1 Å². The Labute approximate surface area is 74.1 Å². The van der Waals surface area contributed by atoms with E-state index in [2.05, 4.69) is 13.8 Å². The van der Waals surface area contributed by atoms with Crippen LogP contribution in [0.3, 0.4) is 0 Å². The zero-order chi connectivity index (χ0) is 9.04. The van der Waals surface area contributed by atoms with Crippen molar-refractivity contribution in [3.8, 4) is 0 Å². The van der Waals surface area contributed by atoms with Crippen LogP contribution >= 0.6 is 0 Å². The molecule has 0 aliphatic heterocycles. The second-order valence-electron chi connectivity index (χ2n) is 5.53. The first-order valence-corrected chi connectivity index (χ1v) is 4.88. The summed E-state index contributed by atoms with van der Waals surface area (Å²) in [4.78, 5) is 0. The fraction of sp³-hybridized carbons (Fsp3) is 1.00. The standard InChI is InChI=1S/C10H19NO/c1-8(2)3-6-10(12,7-8)9(11)4-5-9/h12H,3-7,11H2,1-2H3. The minimum atomic E-state index is -0.545. The molecule has 1 atom stereocenters. The number of aliphatic hydroxyl groups is 1. The van der Waals surface area contributed by atoms with Crippen molar-refractivity contribution in [2.75, 3.05) is 0 Å². The first-order valence-electron chi connectivity index (χ1n) is 4.88. The van der Waals surface area contributed by atoms with Gasteiger partial charge in [-0.3, -0.25) is 0 Å². The Balaban J connectivity index is 2.15. The molecule has 2 saturated carbocycles. The highest BCUT2D eigenvalue weighted by Crippen LogP contribution is 2.55. The fourth-order valence-electron chi connectivity index (χ4n) is 2.54. The van der Waals surface area contributed by atoms with E-state index in [1.165, 1.54) is 0 Å². The highest BCUT2D eigenvalue weighted by Gasteiger charge is 2.59. The average molecular weight is 169 g/mol. The molecule has 2 aliphatic rings. The van der Waals surface area contributed by atoms with Crippen LogP contribution in [0.2, 0.25) is 0 Å². The van der Waals surface area contributed by atoms with Crippen molar-refractivity contribution in [3.63, 3.8) is 0 Å². The third-order valence-electron chi connectivity index (χ3n) is 3.70. The van der Waals surface area contributed by atoms with E-state index in [0.29, 0.717) is 5.41 Å². The van der Waals surface area contributed by atoms with Gasteiger partial charge in [0.1, 0.15) is 0 Å². The molecule has 0 saturated heterocycles. The maximum Gasteiger partial charge on any atom is 0.0831 e. The Morgan fingerprint density at radius 3 is 2.00 bits per heavy atom. The maximum absolute atomic E-state index is 10.3. The molecule has 0 spiro atoms. The topological polar surface area (TPSA) is 46.2 Å². The minimum absolute atomic E-state index is 0.221. The van der Waals surface area contributed by atoms with E-state index in [1.807, 2.05) is 0 Å². The third kappa shape index (κ3) is 1.09. The Morgan fingerprint density at radius 1 is 1.08 bits per heavy atom. The van der Waals surface area contributed by atoms with Crippen LogP contribution in [-0.4, -0.2) is 16.2 Å². The predicted octanol–water partition coefficient (Wildman–Crippen LogP) is 1.42. The molecule has 0 heterocycles. The van der Waals surface area contributed by atoms with E-state index < -0.39 is 5.60 Å². The van der Waals surface area contributed by atoms with Crippen LogP contribution in [0.1, 0.15) is 46.0 Å². The van der Waals surface area contributed by atoms with E-state index in [9.17, 15) is 5.11 Å². The summed E-state index contributed by atoms with van der Waals surface area (Å²) in [5, 5.41) is 10.3. The molecule has 0 aromatic carbocycles. The number of hydrogen-bond donors (Lipinski definition) is 2. The van der Waals surface area contributed by atoms with E-state index in [1.54, 1.807) is 0 Å². The zero-order valence-electron chi connectivity index (χ0n) is 8.06. The van der Waals surface area contributed by atoms with Crippen LogP contribution in [0.5, 0.6) is 0 Å². The molecule has 0 radical (unpaired) electrons. The molecule has 2 nitrogen and oxygen atoms in total. The van der Waals surface area contributed by atoms with Gasteiger partial charge in [0.25, 0.3) is 0 Å². The highest BCUT2D eigenvalue weighted by atomic mass is 16.3. The molecule has 2 heteroatoms. The summed E-state index contributed by atoms with van der Waals surface area (Å²) in [5.41, 5.74) is 5.59. The van der Waals surface area contributed by atoms with Crippen LogP contribution in [0.4, 0.5) is 0 Å². The zero-order valence-corrected chi connectivity index (χ0v) is 8.06. The summed E-state index contributed by atoms with van der Waals surface area (Å²) in [6, 6.07) is 0. The second-order valence-corrected chi connectivity index (χ2v) is 5.53. The highest BCUT2D eigenvalue weighted by molar-refractivity contribution is 5.17. The first-order chi connectivity index (χ1) is 5.37. The number of nitrogens with two attached hydrogens (primary N) is 1. The molecule has 2 rings (SSSR count). The lowest BCUT2D eigenvalue weighted by Crippen LogP contribution is -2.49. The lowest BCUT2D eigenvalue weighted by Gasteiger charge is -2.31. The van der Waals surface area contributed by atoms with Crippen molar-refractivity contribution < 1.29 is 5.11 Å². The van der Waals surface area contributed by atoms with Gasteiger partial charge in [-0.25, -0.2) is 0 Å². The Morgan fingerprint density at radius 2 is 1.67 bits per heavy atom. The SMILES string of the molecule is CC1(C)CCC(O)(C2(N)CC2)C1. The van der Waals surface area contributed by atoms with Crippen molar-refractivity contribution in [1.82, 2.24) is 0 Å². The van der Waals surface area contributed by atoms with Gasteiger partial charge in [-0.2, -0.15) is 0 Å². The molecular weight excluding hydrogens is 150 g/mol. The first kappa shape index (κ1) is 8.52. The van der Waals surface area contributed by atoms with E-state index in [-0.39, 0.29) is 5.54 Å². The number of hydrogen-bond acceptors (Lipinski definition) is 2. The van der Waals surface area contributed by atoms with Crippen LogP contribution in [0.15, 0.2) is 0 Å². The molecule has 2 aliphatic carbocycles. The van der Waals surface area contributed by atoms with Crippen LogP contribution in [0.25, 0.3) is 0 Å². The van der Waals surface area contributed by atoms with Crippen molar-refractivity contribution in [2.24, 2.45) is 11.1 Å². The normalized spacial score (nSPS) is 43.0. The summed E-state index contributed by atoms with van der Waals surface area (Å²) < 4.78 is 0. The molecule has 70 valence electrons. The van der Waals surface area contributed by atoms with Crippen LogP contribution in [-0.2, 0) is 0 Å². The van der Waals surface area contributed by atoms with Gasteiger partial charge in [0.15, 0.2) is 0 Å². The molecule has 0 bridgehead atoms. The Kier molecular flexibility index (Phi) is 1.45. The van der Waals surface area contributed by atoms with Gasteiger partial charge in [0.05, 0.1) is 5.60 Å². The predicted molar refractivity (Wildman–Crippen MR) is 48.7 cm³/mol. The molecule has 0 aromatic rings. The smallest absolute Gasteiger partial charge is 0.0831 e. The van der Waals surface area contributed by atoms with Gasteiger partial charge < -0.3 is 10.8 Å². The van der Waals surface area contributed by atoms with Crippen molar-refractivity contribution >= 4 is 0 Å². The maximum atomic E-state index is 10.3. The van der Waals surface area contributed by atoms with Gasteiger partial charge >= 0.3 is 0 Å². The van der Waals surface area contributed by atoms with Crippen LogP contribution < -0.4 is 5.73 Å². The monoisotopic (exact) mass is 169 g/mol. The van der Waals surface area contributed by atoms with Crippen LogP contribution in [0, 0.1) is 5.41 Å². The van der Waals surface area contributed by atoms with E-state index in [4.69, 9.17) is 5.73 Å². The fourth-order valence-corrected chi connectivity index (χ4v) is 2.54. The van der Waals surface area contributed by atoms with E-state index >= 15 is 0 Å². The summed E-state index contributed by atoms with van der Waals surface area (Å²) in [7, 11) is 0. The summed E-state index contributed by atoms with van der Waals surface area (Å²) in [6.45, 7) is 4.44. The quantitative estimate of drug-likeness (QED) is 0.623. The van der Waals surface area contributed by atoms with Gasteiger partial charge in [-0.1, -0.05) is 13.8 Å². The second kappa shape index (κ2) is 2.05. The van der Waals surface area contributed by atoms with Crippen molar-refractivity contribution in [1.29, 1.82) is 0 Å². The largest absolute Gasteiger partial charge is 0.388 e. The Bertz CT molecular complexity index is 208. The molecular formula is C10H19NO. The Hall–Kier alpha value is -0.0800. The lowest BCUT2D eigenvalue weighted by atomic mass is 9.85. The molecule has 2 fully saturated rings. The molecule has 0 amide bonds. The number of rotatable bonds is 1. The molecule has 1 unspecified atom stereocenters. The minimum Gasteiger partial charge on any atom is -0.388 e. The summed E-state index contributed by atoms with van der Waals surface area (Å²) in [6.07, 6.45) is 4.93. The third-order valence-corrected chi connectivity index (χ3v) is 3.70. The summed E-state index contributed by atoms with van der Waals surface area (Å²) >= 11 is 0. The van der Waals surface area contributed by atoms with Crippen molar-refractivity contribution in [2.45, 2.75) is 57.1 Å². The molecule has 3 N–H and O–H groups in total. The van der Waals surface area contributed by atoms with Gasteiger partial charge in [0.2, 0.25) is 0 Å². The summed E-state index contributed by atoms with van der Waals surface area (Å²) in [5.74, 6) is 0. The average Bonchev–Trinajstić information content (AvgIpc) is 2.59. The lowest BCUT2D eigenvalue weighted by molar-refractivity contribution is 0.00182. The van der Waals surface area contributed by atoms with Gasteiger partial charge in [-0.15, -0.1) is 0 Å². The van der Waals surface area contributed by atoms with Gasteiger partial charge in [-0.05, 0) is 37.5 Å². The molecule has 12 heavy (non-hydrogen) atoms. The van der Waals surface area contributed by atoms with Gasteiger partial charge in [0, 0.05) is 5.54 Å². The molecule has 0 aromatic heterocycles. The van der Waals surface area contributed by atoms with Crippen molar-refractivity contribution in [3.05, 3.63) is 0 Å².